The van der Waals surface area contributed by atoms with Crippen LogP contribution in [0.15, 0.2) is 30.6 Å². The first kappa shape index (κ1) is 25.2. The van der Waals surface area contributed by atoms with Gasteiger partial charge in [0.25, 0.3) is 0 Å². The van der Waals surface area contributed by atoms with Crippen LogP contribution in [0, 0.1) is 5.92 Å². The maximum absolute atomic E-state index is 13.3. The van der Waals surface area contributed by atoms with Crippen molar-refractivity contribution in [1.82, 2.24) is 29.3 Å². The average Bonchev–Trinajstić information content (AvgIpc) is 3.15. The molecule has 1 atom stereocenters. The molecule has 3 aromatic rings. The second-order valence-electron chi connectivity index (χ2n) is 11.0. The van der Waals surface area contributed by atoms with E-state index in [1.165, 1.54) is 24.8 Å². The zero-order valence-electron chi connectivity index (χ0n) is 22.6. The van der Waals surface area contributed by atoms with Gasteiger partial charge in [-0.25, -0.2) is 15.0 Å². The van der Waals surface area contributed by atoms with Crippen molar-refractivity contribution in [3.63, 3.8) is 0 Å². The van der Waals surface area contributed by atoms with Crippen LogP contribution < -0.4 is 10.2 Å². The summed E-state index contributed by atoms with van der Waals surface area (Å²) in [6, 6.07) is 8.38. The predicted octanol–water partition coefficient (Wildman–Crippen LogP) is 3.55. The van der Waals surface area contributed by atoms with Gasteiger partial charge < -0.3 is 19.7 Å². The van der Waals surface area contributed by atoms with Crippen molar-refractivity contribution in [2.45, 2.75) is 58.5 Å². The second kappa shape index (κ2) is 11.4. The summed E-state index contributed by atoms with van der Waals surface area (Å²) in [7, 11) is 0. The molecule has 38 heavy (non-hydrogen) atoms. The Hall–Kier alpha value is -3.04. The Bertz CT molecular complexity index is 1250. The molecule has 202 valence electrons. The summed E-state index contributed by atoms with van der Waals surface area (Å²) in [6.07, 6.45) is 8.08. The Labute approximate surface area is 225 Å². The first-order valence-corrected chi connectivity index (χ1v) is 14.5. The highest BCUT2D eigenvalue weighted by Gasteiger charge is 2.29. The van der Waals surface area contributed by atoms with Crippen molar-refractivity contribution in [3.8, 4) is 0 Å². The number of anilines is 2. The lowest BCUT2D eigenvalue weighted by Gasteiger charge is -2.34. The van der Waals surface area contributed by atoms with E-state index in [2.05, 4.69) is 53.6 Å². The number of rotatable bonds is 6. The van der Waals surface area contributed by atoms with Gasteiger partial charge in [-0.05, 0) is 49.9 Å². The molecule has 2 saturated heterocycles. The first-order valence-electron chi connectivity index (χ1n) is 14.5. The number of imidazole rings is 1. The highest BCUT2D eigenvalue weighted by atomic mass is 16.1. The van der Waals surface area contributed by atoms with Crippen molar-refractivity contribution in [3.05, 3.63) is 42.0 Å². The Morgan fingerprint density at radius 3 is 2.58 bits per heavy atom. The smallest absolute Gasteiger partial charge is 0.229 e. The van der Waals surface area contributed by atoms with Gasteiger partial charge in [0.15, 0.2) is 17.0 Å². The van der Waals surface area contributed by atoms with Crippen LogP contribution in [0.4, 0.5) is 11.5 Å². The number of amides is 1. The van der Waals surface area contributed by atoms with Crippen molar-refractivity contribution < 1.29 is 4.79 Å². The lowest BCUT2D eigenvalue weighted by atomic mass is 9.97. The van der Waals surface area contributed by atoms with E-state index >= 15 is 0 Å². The first-order chi connectivity index (χ1) is 18.7. The molecular formula is C29H40N8O. The summed E-state index contributed by atoms with van der Waals surface area (Å²) in [5.41, 5.74) is 3.99. The van der Waals surface area contributed by atoms with E-state index in [-0.39, 0.29) is 11.8 Å². The molecule has 2 fully saturated rings. The Kier molecular flexibility index (Phi) is 7.56. The molecule has 6 rings (SSSR count). The van der Waals surface area contributed by atoms with E-state index < -0.39 is 0 Å². The fraction of sp³-hybridized carbons (Fsp3) is 0.586. The van der Waals surface area contributed by atoms with Crippen LogP contribution >= 0.6 is 0 Å². The summed E-state index contributed by atoms with van der Waals surface area (Å²) >= 11 is 0. The highest BCUT2D eigenvalue weighted by molar-refractivity contribution is 5.93. The van der Waals surface area contributed by atoms with Crippen LogP contribution in [-0.4, -0.2) is 81.0 Å². The van der Waals surface area contributed by atoms with Gasteiger partial charge in [0, 0.05) is 64.5 Å². The third-order valence-electron chi connectivity index (χ3n) is 8.51. The Morgan fingerprint density at radius 2 is 1.76 bits per heavy atom. The number of nitrogens with zero attached hydrogens (tertiary/aromatic N) is 7. The number of carbonyl (C=O) groups excluding carboxylic acids is 1. The molecule has 3 aliphatic rings. The molecule has 5 heterocycles. The minimum atomic E-state index is -0.0799. The quantitative estimate of drug-likeness (QED) is 0.537. The molecule has 1 aromatic carbocycles. The fourth-order valence-electron chi connectivity index (χ4n) is 6.20. The minimum absolute atomic E-state index is 0.0799. The van der Waals surface area contributed by atoms with Crippen LogP contribution in [-0.2, 0) is 24.3 Å². The summed E-state index contributed by atoms with van der Waals surface area (Å²) in [5, 5.41) is 3.17. The van der Waals surface area contributed by atoms with Gasteiger partial charge in [0.2, 0.25) is 5.91 Å². The van der Waals surface area contributed by atoms with Gasteiger partial charge in [-0.15, -0.1) is 0 Å². The van der Waals surface area contributed by atoms with Crippen LogP contribution in [0.5, 0.6) is 0 Å². The number of aryl methyl sites for hydroxylation is 2. The standard InChI is InChI=1S/C29H40N8O/c1-2-34-15-17-35(18-16-34)19-22-9-11-24(12-10-22)32-29(38)23-7-6-13-36(20-23)27-26-28(31-21-30-27)37-14-5-3-4-8-25(37)33-26/h9-12,21,23H,2-8,13-20H2,1H3,(H,32,38)/t23-/m0/s1. The van der Waals surface area contributed by atoms with Gasteiger partial charge in [0.1, 0.15) is 12.2 Å². The number of hydrogen-bond donors (Lipinski definition) is 1. The van der Waals surface area contributed by atoms with Gasteiger partial charge >= 0.3 is 0 Å². The maximum atomic E-state index is 13.3. The molecular weight excluding hydrogens is 476 g/mol. The van der Waals surface area contributed by atoms with Crippen LogP contribution in [0.25, 0.3) is 11.2 Å². The molecule has 0 bridgehead atoms. The molecule has 9 heteroatoms. The van der Waals surface area contributed by atoms with E-state index in [9.17, 15) is 4.79 Å². The maximum Gasteiger partial charge on any atom is 0.229 e. The van der Waals surface area contributed by atoms with E-state index in [1.807, 2.05) is 12.1 Å². The molecule has 0 aliphatic carbocycles. The molecule has 1 N–H and O–H groups in total. The SMILES string of the molecule is CCN1CCN(Cc2ccc(NC(=O)[C@H]3CCCN(c4ncnc5c4nc4n5CCCCC4)C3)cc2)CC1. The summed E-state index contributed by atoms with van der Waals surface area (Å²) in [4.78, 5) is 34.7. The summed E-state index contributed by atoms with van der Waals surface area (Å²) in [6.45, 7) is 11.4. The lowest BCUT2D eigenvalue weighted by Crippen LogP contribution is -2.45. The van der Waals surface area contributed by atoms with Crippen LogP contribution in [0.1, 0.15) is 50.4 Å². The largest absolute Gasteiger partial charge is 0.354 e. The Morgan fingerprint density at radius 1 is 0.947 bits per heavy atom. The number of hydrogen-bond acceptors (Lipinski definition) is 7. The second-order valence-corrected chi connectivity index (χ2v) is 11.0. The normalized spacial score (nSPS) is 21.3. The van der Waals surface area contributed by atoms with E-state index in [0.717, 1.165) is 100 Å². The number of aromatic nitrogens is 4. The molecule has 0 radical (unpaired) electrons. The van der Waals surface area contributed by atoms with Crippen molar-refractivity contribution >= 4 is 28.6 Å². The number of carbonyl (C=O) groups is 1. The number of piperidine rings is 1. The van der Waals surface area contributed by atoms with Gasteiger partial charge in [-0.2, -0.15) is 0 Å². The molecule has 0 saturated carbocycles. The van der Waals surface area contributed by atoms with E-state index in [4.69, 9.17) is 4.98 Å². The zero-order chi connectivity index (χ0) is 25.9. The molecule has 0 spiro atoms. The van der Waals surface area contributed by atoms with Crippen molar-refractivity contribution in [2.24, 2.45) is 5.92 Å². The molecule has 3 aliphatic heterocycles. The van der Waals surface area contributed by atoms with Gasteiger partial charge in [0.05, 0.1) is 5.92 Å². The van der Waals surface area contributed by atoms with Crippen molar-refractivity contribution in [1.29, 1.82) is 0 Å². The number of piperazine rings is 1. The zero-order valence-corrected chi connectivity index (χ0v) is 22.6. The van der Waals surface area contributed by atoms with E-state index in [0.29, 0.717) is 6.54 Å². The number of likely N-dealkylation sites (N-methyl/N-ethyl adjacent to an activating group) is 1. The topological polar surface area (TPSA) is 82.4 Å². The van der Waals surface area contributed by atoms with Gasteiger partial charge in [-0.1, -0.05) is 25.5 Å². The molecule has 2 aromatic heterocycles. The monoisotopic (exact) mass is 516 g/mol. The fourth-order valence-corrected chi connectivity index (χ4v) is 6.20. The number of nitrogens with one attached hydrogen (secondary N) is 1. The molecule has 0 unspecified atom stereocenters. The van der Waals surface area contributed by atoms with Crippen LogP contribution in [0.3, 0.4) is 0 Å². The molecule has 1 amide bonds. The Balaban J connectivity index is 1.08. The third-order valence-corrected chi connectivity index (χ3v) is 8.51. The van der Waals surface area contributed by atoms with E-state index in [1.54, 1.807) is 6.33 Å². The van der Waals surface area contributed by atoms with Gasteiger partial charge in [-0.3, -0.25) is 9.69 Å². The summed E-state index contributed by atoms with van der Waals surface area (Å²) < 4.78 is 2.27. The number of benzene rings is 1. The van der Waals surface area contributed by atoms with Crippen LogP contribution in [0.2, 0.25) is 0 Å². The lowest BCUT2D eigenvalue weighted by molar-refractivity contribution is -0.120. The minimum Gasteiger partial charge on any atom is -0.354 e. The summed E-state index contributed by atoms with van der Waals surface area (Å²) in [5.74, 6) is 2.00. The average molecular weight is 517 g/mol. The molecule has 9 nitrogen and oxygen atoms in total. The number of fused-ring (bicyclic) bond motifs is 3. The predicted molar refractivity (Wildman–Crippen MR) is 150 cm³/mol. The van der Waals surface area contributed by atoms with Crippen molar-refractivity contribution in [2.75, 3.05) is 56.0 Å². The highest BCUT2D eigenvalue weighted by Crippen LogP contribution is 2.30. The third kappa shape index (κ3) is 5.40.